The zero-order valence-corrected chi connectivity index (χ0v) is 5.98. The van der Waals surface area contributed by atoms with Gasteiger partial charge in [-0.1, -0.05) is 5.79 Å². The third-order valence-corrected chi connectivity index (χ3v) is 1.57. The number of hydrogen-bond donors (Lipinski definition) is 0. The summed E-state index contributed by atoms with van der Waals surface area (Å²) in [6, 6.07) is 0. The molecule has 0 amide bonds. The summed E-state index contributed by atoms with van der Waals surface area (Å²) in [5.41, 5.74) is 0. The molecule has 3 heteroatoms. The van der Waals surface area contributed by atoms with Crippen molar-refractivity contribution in [3.05, 3.63) is 0 Å². The van der Waals surface area contributed by atoms with Gasteiger partial charge in [0.1, 0.15) is 0 Å². The monoisotopic (exact) mass is 122 g/mol. The molecule has 0 unspecified atom stereocenters. The molecule has 0 spiro atoms. The smallest absolute Gasteiger partial charge is 0.489 e. The molecule has 0 N–H and O–H groups in total. The highest BCUT2D eigenvalue weighted by Crippen LogP contribution is 1.87. The molecule has 0 saturated carbocycles. The summed E-state index contributed by atoms with van der Waals surface area (Å²) in [4.78, 5) is 0. The lowest BCUT2D eigenvalue weighted by molar-refractivity contribution is 0.358. The summed E-state index contributed by atoms with van der Waals surface area (Å²) in [5, 5.41) is 0. The van der Waals surface area contributed by atoms with Crippen molar-refractivity contribution in [2.24, 2.45) is 0 Å². The Kier molecular flexibility index (Phi) is 4.47. The van der Waals surface area contributed by atoms with E-state index in [1.165, 1.54) is 0 Å². The molecule has 0 atom stereocenters. The molecule has 0 heterocycles. The number of hydrogen-bond acceptors (Lipinski definition) is 1. The highest BCUT2D eigenvalue weighted by atomic mass is 35.6. The topological polar surface area (TPSA) is 9.23 Å². The van der Waals surface area contributed by atoms with Gasteiger partial charge in [0.2, 0.25) is 0 Å². The third kappa shape index (κ3) is 4.78. The van der Waals surface area contributed by atoms with Crippen molar-refractivity contribution in [1.29, 1.82) is 0 Å². The molecule has 0 aromatic carbocycles. The first-order chi connectivity index (χ1) is 2.77. The fourth-order valence-corrected chi connectivity index (χ4v) is 1.07. The lowest BCUT2D eigenvalue weighted by Crippen LogP contribution is -2.02. The van der Waals surface area contributed by atoms with Crippen LogP contribution in [0.15, 0.2) is 0 Å². The molecule has 0 aromatic heterocycles. The van der Waals surface area contributed by atoms with Crippen molar-refractivity contribution >= 4 is 23.6 Å². The summed E-state index contributed by atoms with van der Waals surface area (Å²) in [6.45, 7) is 2.71. The molecule has 0 aliphatic rings. The third-order valence-electron chi connectivity index (χ3n) is 0.396. The fraction of sp³-hybridized carbons (Fsp3) is 1.00. The van der Waals surface area contributed by atoms with Gasteiger partial charge in [-0.25, -0.2) is 10.0 Å². The highest BCUT2D eigenvalue weighted by Gasteiger charge is 2.04. The summed E-state index contributed by atoms with van der Waals surface area (Å²) < 4.78 is 4.95. The molecular weight excluding hydrogens is 114 g/mol. The Morgan fingerprint density at radius 2 is 2.33 bits per heavy atom. The maximum absolute atomic E-state index is 5.49. The van der Waals surface area contributed by atoms with Crippen LogP contribution in [0.1, 0.15) is 6.92 Å². The number of rotatable bonds is 2. The predicted octanol–water partition coefficient (Wildman–Crippen LogP) is 1.38. The van der Waals surface area contributed by atoms with E-state index in [9.17, 15) is 0 Å². The van der Waals surface area contributed by atoms with E-state index in [1.54, 1.807) is 0 Å². The van der Waals surface area contributed by atoms with E-state index in [0.29, 0.717) is 0 Å². The molecule has 0 aliphatic carbocycles. The minimum absolute atomic E-state index is 0.761. The summed E-state index contributed by atoms with van der Waals surface area (Å²) >= 11 is -1.20. The van der Waals surface area contributed by atoms with Crippen LogP contribution in [-0.4, -0.2) is 20.2 Å². The summed E-state index contributed by atoms with van der Waals surface area (Å²) in [6.07, 6.45) is 0. The zero-order chi connectivity index (χ0) is 4.99. The molecule has 1 nitrogen and oxygen atoms in total. The Bertz CT molecular complexity index is 32.0. The average Bonchev–Trinajstić information content (AvgIpc) is 1.35. The van der Waals surface area contributed by atoms with Crippen LogP contribution >= 0.6 is 10.0 Å². The Hall–Kier alpha value is 0.782. The van der Waals surface area contributed by atoms with Crippen LogP contribution in [0.2, 0.25) is 5.79 Å². The first kappa shape index (κ1) is 6.78. The van der Waals surface area contributed by atoms with Crippen molar-refractivity contribution in [2.75, 3.05) is 6.61 Å². The minimum atomic E-state index is -1.20. The SMILES string of the molecule is CC[O][Al]([CH3])[Cl]. The van der Waals surface area contributed by atoms with Crippen LogP contribution in [0.5, 0.6) is 0 Å². The molecule has 0 radical (unpaired) electrons. The van der Waals surface area contributed by atoms with Gasteiger partial charge in [0.05, 0.1) is 0 Å². The van der Waals surface area contributed by atoms with E-state index in [-0.39, 0.29) is 0 Å². The second kappa shape index (κ2) is 3.96. The molecule has 0 bridgehead atoms. The van der Waals surface area contributed by atoms with Gasteiger partial charge in [-0.3, -0.25) is 0 Å². The Labute approximate surface area is 47.2 Å². The van der Waals surface area contributed by atoms with Crippen LogP contribution in [0.25, 0.3) is 0 Å². The van der Waals surface area contributed by atoms with Crippen LogP contribution in [0, 0.1) is 0 Å². The average molecular weight is 123 g/mol. The van der Waals surface area contributed by atoms with Gasteiger partial charge in [-0.05, 0) is 6.92 Å². The second-order valence-electron chi connectivity index (χ2n) is 0.998. The van der Waals surface area contributed by atoms with Crippen molar-refractivity contribution < 1.29 is 3.79 Å². The van der Waals surface area contributed by atoms with Gasteiger partial charge in [0, 0.05) is 6.61 Å². The molecule has 0 aliphatic heterocycles. The summed E-state index contributed by atoms with van der Waals surface area (Å²) in [7, 11) is 5.49. The van der Waals surface area contributed by atoms with Crippen molar-refractivity contribution in [2.45, 2.75) is 12.7 Å². The van der Waals surface area contributed by atoms with E-state index in [2.05, 4.69) is 0 Å². The Morgan fingerprint density at radius 3 is 2.33 bits per heavy atom. The Morgan fingerprint density at radius 1 is 1.83 bits per heavy atom. The van der Waals surface area contributed by atoms with Crippen LogP contribution in [0.3, 0.4) is 0 Å². The van der Waals surface area contributed by atoms with Crippen LogP contribution in [0.4, 0.5) is 0 Å². The van der Waals surface area contributed by atoms with Crippen molar-refractivity contribution in [3.8, 4) is 0 Å². The molecule has 36 valence electrons. The van der Waals surface area contributed by atoms with E-state index in [0.717, 1.165) is 6.61 Å². The molecular formula is C3H8AlClO. The first-order valence-corrected chi connectivity index (χ1v) is 5.40. The maximum atomic E-state index is 5.49. The van der Waals surface area contributed by atoms with Gasteiger partial charge in [-0.15, -0.1) is 0 Å². The normalized spacial score (nSPS) is 8.50. The highest BCUT2D eigenvalue weighted by molar-refractivity contribution is 7.02. The predicted molar refractivity (Wildman–Crippen MR) is 29.1 cm³/mol. The number of halogens is 1. The second-order valence-corrected chi connectivity index (χ2v) is 4.26. The van der Waals surface area contributed by atoms with E-state index >= 15 is 0 Å². The van der Waals surface area contributed by atoms with Crippen LogP contribution < -0.4 is 0 Å². The van der Waals surface area contributed by atoms with Crippen molar-refractivity contribution in [3.63, 3.8) is 0 Å². The Balaban J connectivity index is 2.63. The molecule has 0 rings (SSSR count). The molecule has 0 saturated heterocycles. The van der Waals surface area contributed by atoms with E-state index < -0.39 is 13.6 Å². The van der Waals surface area contributed by atoms with Crippen molar-refractivity contribution in [1.82, 2.24) is 0 Å². The van der Waals surface area contributed by atoms with Gasteiger partial charge >= 0.3 is 13.6 Å². The van der Waals surface area contributed by atoms with Gasteiger partial charge in [0.15, 0.2) is 0 Å². The largest absolute Gasteiger partial charge is 0.588 e. The van der Waals surface area contributed by atoms with Gasteiger partial charge in [0.25, 0.3) is 0 Å². The fourth-order valence-electron chi connectivity index (χ4n) is 0.230. The minimum Gasteiger partial charge on any atom is -0.489 e. The molecule has 0 aromatic rings. The first-order valence-electron chi connectivity index (χ1n) is 2.03. The van der Waals surface area contributed by atoms with E-state index in [1.807, 2.05) is 12.7 Å². The van der Waals surface area contributed by atoms with E-state index in [4.69, 9.17) is 13.8 Å². The molecule has 6 heavy (non-hydrogen) atoms. The quantitative estimate of drug-likeness (QED) is 0.503. The van der Waals surface area contributed by atoms with Gasteiger partial charge < -0.3 is 3.79 Å². The zero-order valence-electron chi connectivity index (χ0n) is 4.07. The lowest BCUT2D eigenvalue weighted by Gasteiger charge is -1.92. The lowest BCUT2D eigenvalue weighted by atomic mass is 10.9. The maximum Gasteiger partial charge on any atom is 0.588 e. The summed E-state index contributed by atoms with van der Waals surface area (Å²) in [5.74, 6) is 1.94. The molecule has 0 fully saturated rings. The standard InChI is InChI=1S/C2H5O.CH3.Al.ClH/c1-2-3;;;/h2H2,1H3;1H3;;1H/q-1;;+2;/p-1. The van der Waals surface area contributed by atoms with Crippen LogP contribution in [-0.2, 0) is 3.79 Å². The van der Waals surface area contributed by atoms with Gasteiger partial charge in [-0.2, -0.15) is 0 Å².